The highest BCUT2D eigenvalue weighted by Gasteiger charge is 2.12. The van der Waals surface area contributed by atoms with Crippen LogP contribution in [0.2, 0.25) is 0 Å². The molecule has 0 aliphatic carbocycles. The average Bonchev–Trinajstić information content (AvgIpc) is 2.83. The maximum Gasteiger partial charge on any atom is 0.293 e. The van der Waals surface area contributed by atoms with Crippen LogP contribution in [0, 0.1) is 0 Å². The van der Waals surface area contributed by atoms with E-state index in [1.165, 1.54) is 12.4 Å². The van der Waals surface area contributed by atoms with Gasteiger partial charge in [-0.05, 0) is 12.1 Å². The molecule has 0 saturated heterocycles. The van der Waals surface area contributed by atoms with Gasteiger partial charge < -0.3 is 5.32 Å². The van der Waals surface area contributed by atoms with Gasteiger partial charge >= 0.3 is 0 Å². The zero-order valence-corrected chi connectivity index (χ0v) is 10.7. The molecule has 0 aliphatic heterocycles. The van der Waals surface area contributed by atoms with E-state index in [-0.39, 0.29) is 11.5 Å². The number of amides is 1. The van der Waals surface area contributed by atoms with Gasteiger partial charge in [-0.25, -0.2) is 13.4 Å². The molecule has 0 fully saturated rings. The lowest BCUT2D eigenvalue weighted by Crippen LogP contribution is -2.17. The van der Waals surface area contributed by atoms with E-state index in [2.05, 4.69) is 25.2 Å². The first-order valence-corrected chi connectivity index (χ1v) is 7.08. The molecule has 9 heteroatoms. The maximum atomic E-state index is 11.8. The number of carbonyl (C=O) groups excluding carboxylic acids is 1. The number of H-pyrrole nitrogens is 1. The van der Waals surface area contributed by atoms with E-state index in [0.717, 1.165) is 6.26 Å². The first-order valence-electron chi connectivity index (χ1n) is 5.19. The second-order valence-corrected chi connectivity index (χ2v) is 5.46. The molecule has 0 bridgehead atoms. The van der Waals surface area contributed by atoms with E-state index in [9.17, 15) is 13.2 Å². The molecule has 0 spiro atoms. The minimum Gasteiger partial charge on any atom is -0.317 e. The molecule has 1 heterocycles. The zero-order chi connectivity index (χ0) is 13.9. The van der Waals surface area contributed by atoms with Gasteiger partial charge in [0.1, 0.15) is 6.33 Å². The van der Waals surface area contributed by atoms with Crippen LogP contribution >= 0.6 is 0 Å². The lowest BCUT2D eigenvalue weighted by atomic mass is 10.2. The third-order valence-electron chi connectivity index (χ3n) is 2.10. The summed E-state index contributed by atoms with van der Waals surface area (Å²) in [4.78, 5) is 15.5. The number of benzene rings is 1. The van der Waals surface area contributed by atoms with Crippen LogP contribution in [0.25, 0.3) is 0 Å². The summed E-state index contributed by atoms with van der Waals surface area (Å²) in [7, 11) is -3.43. The van der Waals surface area contributed by atoms with Gasteiger partial charge in [-0.1, -0.05) is 12.1 Å². The quantitative estimate of drug-likeness (QED) is 0.751. The number of rotatable bonds is 4. The van der Waals surface area contributed by atoms with E-state index in [1.54, 1.807) is 18.2 Å². The summed E-state index contributed by atoms with van der Waals surface area (Å²) in [5.41, 5.74) is 0.604. The Labute approximate surface area is 109 Å². The number of aromatic amines is 1. The van der Waals surface area contributed by atoms with Crippen molar-refractivity contribution >= 4 is 27.3 Å². The highest BCUT2D eigenvalue weighted by atomic mass is 32.2. The summed E-state index contributed by atoms with van der Waals surface area (Å²) < 4.78 is 24.7. The molecule has 0 radical (unpaired) electrons. The molecule has 0 atom stereocenters. The zero-order valence-electron chi connectivity index (χ0n) is 9.91. The number of hydrogen-bond donors (Lipinski definition) is 3. The van der Waals surface area contributed by atoms with Crippen LogP contribution < -0.4 is 10.0 Å². The summed E-state index contributed by atoms with van der Waals surface area (Å²) in [6.45, 7) is 0. The van der Waals surface area contributed by atoms with Crippen molar-refractivity contribution in [3.63, 3.8) is 0 Å². The molecule has 1 aromatic heterocycles. The number of hydrogen-bond acceptors (Lipinski definition) is 5. The Morgan fingerprint density at radius 1 is 1.26 bits per heavy atom. The molecule has 2 rings (SSSR count). The fourth-order valence-corrected chi connectivity index (χ4v) is 1.95. The van der Waals surface area contributed by atoms with E-state index in [0.29, 0.717) is 5.69 Å². The number of anilines is 2. The molecular weight excluding hydrogens is 270 g/mol. The third kappa shape index (κ3) is 3.52. The number of carbonyl (C=O) groups is 1. The number of nitrogens with one attached hydrogen (secondary N) is 3. The highest BCUT2D eigenvalue weighted by Crippen LogP contribution is 2.22. The summed E-state index contributed by atoms with van der Waals surface area (Å²) in [5, 5.41) is 8.51. The maximum absolute atomic E-state index is 11.8. The van der Waals surface area contributed by atoms with E-state index in [4.69, 9.17) is 0 Å². The topological polar surface area (TPSA) is 117 Å². The SMILES string of the molecule is CS(=O)(=O)Nc1ccccc1NC(=O)c1ncn[nH]1. The Hall–Kier alpha value is -2.42. The standard InChI is InChI=1S/C10H11N5O3S/c1-19(17,18)15-8-5-3-2-4-7(8)13-10(16)9-11-6-12-14-9/h2-6,15H,1H3,(H,13,16)(H,11,12,14). The monoisotopic (exact) mass is 281 g/mol. The van der Waals surface area contributed by atoms with Crippen LogP contribution in [0.5, 0.6) is 0 Å². The molecule has 0 aliphatic rings. The van der Waals surface area contributed by atoms with Gasteiger partial charge in [0.25, 0.3) is 5.91 Å². The molecule has 0 unspecified atom stereocenters. The van der Waals surface area contributed by atoms with Gasteiger partial charge in [-0.15, -0.1) is 0 Å². The van der Waals surface area contributed by atoms with Crippen LogP contribution in [0.15, 0.2) is 30.6 Å². The molecule has 8 nitrogen and oxygen atoms in total. The summed E-state index contributed by atoms with van der Waals surface area (Å²) in [6.07, 6.45) is 2.23. The van der Waals surface area contributed by atoms with E-state index in [1.807, 2.05) is 0 Å². The fourth-order valence-electron chi connectivity index (χ4n) is 1.38. The largest absolute Gasteiger partial charge is 0.317 e. The number of sulfonamides is 1. The van der Waals surface area contributed by atoms with E-state index < -0.39 is 15.9 Å². The molecule has 0 saturated carbocycles. The molecule has 2 aromatic rings. The Morgan fingerprint density at radius 3 is 2.53 bits per heavy atom. The lowest BCUT2D eigenvalue weighted by molar-refractivity contribution is 0.101. The Morgan fingerprint density at radius 2 is 1.95 bits per heavy atom. The van der Waals surface area contributed by atoms with Crippen LogP contribution in [0.3, 0.4) is 0 Å². The Bertz CT molecular complexity index is 681. The van der Waals surface area contributed by atoms with Crippen molar-refractivity contribution in [1.82, 2.24) is 15.2 Å². The van der Waals surface area contributed by atoms with E-state index >= 15 is 0 Å². The van der Waals surface area contributed by atoms with Crippen LogP contribution in [-0.2, 0) is 10.0 Å². The molecule has 3 N–H and O–H groups in total. The van der Waals surface area contributed by atoms with Gasteiger partial charge in [0.2, 0.25) is 15.8 Å². The summed E-state index contributed by atoms with van der Waals surface area (Å²) >= 11 is 0. The number of para-hydroxylation sites is 2. The normalized spacial score (nSPS) is 11.0. The Balaban J connectivity index is 2.23. The van der Waals surface area contributed by atoms with Crippen molar-refractivity contribution in [2.45, 2.75) is 0 Å². The van der Waals surface area contributed by atoms with Crippen LogP contribution in [0.4, 0.5) is 11.4 Å². The van der Waals surface area contributed by atoms with Gasteiger partial charge in [-0.3, -0.25) is 14.6 Å². The third-order valence-corrected chi connectivity index (χ3v) is 2.69. The molecule has 1 amide bonds. The second-order valence-electron chi connectivity index (χ2n) is 3.71. The highest BCUT2D eigenvalue weighted by molar-refractivity contribution is 7.92. The Kier molecular flexibility index (Phi) is 3.47. The minimum atomic E-state index is -3.43. The van der Waals surface area contributed by atoms with Gasteiger partial charge in [0.05, 0.1) is 17.6 Å². The van der Waals surface area contributed by atoms with Crippen molar-refractivity contribution in [2.75, 3.05) is 16.3 Å². The first kappa shape index (κ1) is 13.0. The predicted octanol–water partition coefficient (Wildman–Crippen LogP) is 0.428. The average molecular weight is 281 g/mol. The van der Waals surface area contributed by atoms with Crippen molar-refractivity contribution in [3.05, 3.63) is 36.4 Å². The van der Waals surface area contributed by atoms with Crippen LogP contribution in [-0.4, -0.2) is 35.8 Å². The number of aromatic nitrogens is 3. The van der Waals surface area contributed by atoms with Gasteiger partial charge in [0, 0.05) is 0 Å². The summed E-state index contributed by atoms with van der Waals surface area (Å²) in [5.74, 6) is -0.477. The minimum absolute atomic E-state index is 0.0363. The molecule has 1 aromatic carbocycles. The fraction of sp³-hybridized carbons (Fsp3) is 0.100. The second kappa shape index (κ2) is 5.06. The van der Waals surface area contributed by atoms with Crippen molar-refractivity contribution in [3.8, 4) is 0 Å². The van der Waals surface area contributed by atoms with Crippen molar-refractivity contribution in [2.24, 2.45) is 0 Å². The predicted molar refractivity (Wildman–Crippen MR) is 69.2 cm³/mol. The smallest absolute Gasteiger partial charge is 0.293 e. The molecule has 19 heavy (non-hydrogen) atoms. The molecule has 100 valence electrons. The number of nitrogens with zero attached hydrogens (tertiary/aromatic N) is 2. The van der Waals surface area contributed by atoms with Crippen LogP contribution in [0.1, 0.15) is 10.6 Å². The van der Waals surface area contributed by atoms with Crippen molar-refractivity contribution < 1.29 is 13.2 Å². The first-order chi connectivity index (χ1) is 8.96. The van der Waals surface area contributed by atoms with Gasteiger partial charge in [0.15, 0.2) is 0 Å². The molecular formula is C10H11N5O3S. The lowest BCUT2D eigenvalue weighted by Gasteiger charge is -2.10. The van der Waals surface area contributed by atoms with Gasteiger partial charge in [-0.2, -0.15) is 5.10 Å². The van der Waals surface area contributed by atoms with Crippen molar-refractivity contribution in [1.29, 1.82) is 0 Å². The summed E-state index contributed by atoms with van der Waals surface area (Å²) in [6, 6.07) is 6.43.